The fourth-order valence-electron chi connectivity index (χ4n) is 4.02. The molecule has 16 heteroatoms. The van der Waals surface area contributed by atoms with Gasteiger partial charge in [-0.15, -0.1) is 11.8 Å². The molecule has 0 amide bonds. The number of nitrogens with zero attached hydrogens (tertiary/aromatic N) is 3. The molecule has 2 heterocycles. The molecule has 5 atom stereocenters. The Balaban J connectivity index is 2.48. The van der Waals surface area contributed by atoms with Gasteiger partial charge in [-0.2, -0.15) is 0 Å². The SMILES string of the molecule is [C-]#[N+]CCOP(OC1C(OC)[C@H](n2ccc(=O)[nH]c2=O)O[C@@H]1SCP(=O)(OCC)OCC)N(C(C)C)C(C)C. The van der Waals surface area contributed by atoms with E-state index >= 15 is 0 Å². The van der Waals surface area contributed by atoms with Crippen LogP contribution in [0.3, 0.4) is 0 Å². The third-order valence-corrected chi connectivity index (χ3v) is 11.5. The Labute approximate surface area is 235 Å². The summed E-state index contributed by atoms with van der Waals surface area (Å²) in [6.07, 6.45) is -1.23. The third-order valence-electron chi connectivity index (χ3n) is 5.46. The number of aromatic amines is 1. The molecule has 0 spiro atoms. The Morgan fingerprint density at radius 2 is 1.85 bits per heavy atom. The standard InChI is InChI=1S/C23H40N4O9P2S/c1-9-33-38(30,34-10-2)15-39-22-20(36-37(32-14-12-24-7)27(16(3)4)17(5)6)19(31-8)21(35-22)26-13-11-18(28)25-23(26)29/h11,13,16-17,19-22H,9-10,12,14-15H2,1-6,8H3,(H,25,28,29)/t19?,20?,21-,22-,37?/m1/s1. The van der Waals surface area contributed by atoms with Gasteiger partial charge in [0, 0.05) is 31.5 Å². The molecule has 1 aromatic rings. The summed E-state index contributed by atoms with van der Waals surface area (Å²) < 4.78 is 52.1. The average Bonchev–Trinajstić information content (AvgIpc) is 3.19. The van der Waals surface area contributed by atoms with E-state index in [-0.39, 0.29) is 43.9 Å². The molecule has 0 aromatic carbocycles. The van der Waals surface area contributed by atoms with E-state index in [4.69, 9.17) is 34.1 Å². The van der Waals surface area contributed by atoms with Crippen LogP contribution in [0.2, 0.25) is 0 Å². The average molecular weight is 611 g/mol. The monoisotopic (exact) mass is 610 g/mol. The number of thioether (sulfide) groups is 1. The molecule has 1 fully saturated rings. The summed E-state index contributed by atoms with van der Waals surface area (Å²) in [6, 6.07) is 1.31. The number of nitrogens with one attached hydrogen (secondary N) is 1. The van der Waals surface area contributed by atoms with Crippen molar-refractivity contribution in [2.24, 2.45) is 0 Å². The van der Waals surface area contributed by atoms with Crippen LogP contribution in [0.4, 0.5) is 0 Å². The van der Waals surface area contributed by atoms with Gasteiger partial charge in [-0.3, -0.25) is 18.9 Å². The van der Waals surface area contributed by atoms with Crippen molar-refractivity contribution in [3.05, 3.63) is 44.5 Å². The van der Waals surface area contributed by atoms with Gasteiger partial charge >= 0.3 is 13.3 Å². The molecule has 13 nitrogen and oxygen atoms in total. The summed E-state index contributed by atoms with van der Waals surface area (Å²) in [4.78, 5) is 29.9. The fraction of sp³-hybridized carbons (Fsp3) is 0.783. The number of H-pyrrole nitrogens is 1. The Morgan fingerprint density at radius 1 is 1.21 bits per heavy atom. The fourth-order valence-corrected chi connectivity index (χ4v) is 9.20. The minimum absolute atomic E-state index is 0.0303. The van der Waals surface area contributed by atoms with E-state index in [2.05, 4.69) is 14.5 Å². The lowest BCUT2D eigenvalue weighted by Crippen LogP contribution is -2.41. The summed E-state index contributed by atoms with van der Waals surface area (Å²) in [5.74, 6) is 0. The van der Waals surface area contributed by atoms with E-state index in [9.17, 15) is 14.2 Å². The first-order valence-electron chi connectivity index (χ1n) is 12.7. The van der Waals surface area contributed by atoms with Crippen molar-refractivity contribution in [2.45, 2.75) is 77.5 Å². The van der Waals surface area contributed by atoms with Gasteiger partial charge in [0.15, 0.2) is 6.23 Å². The molecule has 222 valence electrons. The number of ether oxygens (including phenoxy) is 2. The maximum absolute atomic E-state index is 13.2. The Kier molecular flexibility index (Phi) is 14.3. The van der Waals surface area contributed by atoms with Gasteiger partial charge in [0.1, 0.15) is 24.3 Å². The summed E-state index contributed by atoms with van der Waals surface area (Å²) in [5.41, 5.74) is -2.02. The zero-order chi connectivity index (χ0) is 29.2. The van der Waals surface area contributed by atoms with Crippen LogP contribution < -0.4 is 11.2 Å². The minimum atomic E-state index is -3.44. The van der Waals surface area contributed by atoms with Crippen molar-refractivity contribution in [2.75, 3.05) is 39.0 Å². The van der Waals surface area contributed by atoms with E-state index in [1.54, 1.807) is 13.8 Å². The van der Waals surface area contributed by atoms with Crippen molar-refractivity contribution < 1.29 is 32.1 Å². The van der Waals surface area contributed by atoms with E-state index in [1.807, 2.05) is 27.7 Å². The Bertz CT molecular complexity index is 1080. The normalized spacial score (nSPS) is 22.6. The molecule has 0 radical (unpaired) electrons. The first-order valence-corrected chi connectivity index (χ1v) is 16.6. The molecule has 1 aliphatic heterocycles. The van der Waals surface area contributed by atoms with Crippen LogP contribution >= 0.6 is 27.9 Å². The van der Waals surface area contributed by atoms with Gasteiger partial charge in [-0.25, -0.2) is 16.0 Å². The minimum Gasteiger partial charge on any atom is -0.374 e. The second-order valence-corrected chi connectivity index (χ2v) is 13.9. The van der Waals surface area contributed by atoms with E-state index in [0.717, 1.165) is 11.8 Å². The van der Waals surface area contributed by atoms with Crippen LogP contribution in [-0.4, -0.2) is 82.9 Å². The Hall–Kier alpha value is -1.10. The second-order valence-electron chi connectivity index (χ2n) is 8.95. The topological polar surface area (TPSA) is 135 Å². The van der Waals surface area contributed by atoms with Crippen molar-refractivity contribution in [3.8, 4) is 0 Å². The van der Waals surface area contributed by atoms with Crippen LogP contribution in [0, 0.1) is 6.57 Å². The number of methoxy groups -OCH3 is 1. The zero-order valence-corrected chi connectivity index (χ0v) is 26.1. The molecule has 0 bridgehead atoms. The smallest absolute Gasteiger partial charge is 0.340 e. The molecule has 1 aliphatic rings. The lowest BCUT2D eigenvalue weighted by Gasteiger charge is -2.38. The summed E-state index contributed by atoms with van der Waals surface area (Å²) in [7, 11) is -3.67. The van der Waals surface area contributed by atoms with E-state index in [1.165, 1.54) is 23.9 Å². The summed E-state index contributed by atoms with van der Waals surface area (Å²) in [6.45, 7) is 19.4. The molecule has 1 saturated heterocycles. The van der Waals surface area contributed by atoms with Crippen LogP contribution in [0.25, 0.3) is 4.85 Å². The van der Waals surface area contributed by atoms with Crippen LogP contribution in [0.1, 0.15) is 47.8 Å². The molecular weight excluding hydrogens is 570 g/mol. The van der Waals surface area contributed by atoms with E-state index < -0.39 is 51.2 Å². The lowest BCUT2D eigenvalue weighted by molar-refractivity contribution is -0.0454. The van der Waals surface area contributed by atoms with Gasteiger partial charge in [-0.1, -0.05) is 0 Å². The molecule has 1 N–H and O–H groups in total. The van der Waals surface area contributed by atoms with Gasteiger partial charge < -0.3 is 32.4 Å². The molecule has 0 saturated carbocycles. The predicted molar refractivity (Wildman–Crippen MR) is 151 cm³/mol. The van der Waals surface area contributed by atoms with Crippen LogP contribution in [0.5, 0.6) is 0 Å². The third kappa shape index (κ3) is 9.47. The largest absolute Gasteiger partial charge is 0.374 e. The van der Waals surface area contributed by atoms with Crippen molar-refractivity contribution in [1.29, 1.82) is 0 Å². The first-order chi connectivity index (χ1) is 18.5. The highest BCUT2D eigenvalue weighted by Gasteiger charge is 2.50. The molecule has 0 aliphatic carbocycles. The zero-order valence-electron chi connectivity index (χ0n) is 23.5. The van der Waals surface area contributed by atoms with Crippen LogP contribution in [-0.2, 0) is 32.1 Å². The highest BCUT2D eigenvalue weighted by molar-refractivity contribution is 8.05. The quantitative estimate of drug-likeness (QED) is 0.156. The van der Waals surface area contributed by atoms with Gasteiger partial charge in [0.2, 0.25) is 6.54 Å². The molecule has 1 aromatic heterocycles. The van der Waals surface area contributed by atoms with Gasteiger partial charge in [0.05, 0.1) is 18.7 Å². The Morgan fingerprint density at radius 3 is 2.36 bits per heavy atom. The molecular formula is C23H40N4O9P2S. The number of rotatable bonds is 17. The van der Waals surface area contributed by atoms with Crippen molar-refractivity contribution in [1.82, 2.24) is 14.2 Å². The number of hydrogen-bond acceptors (Lipinski definition) is 11. The molecule has 2 rings (SSSR count). The van der Waals surface area contributed by atoms with Gasteiger partial charge in [-0.05, 0) is 41.5 Å². The summed E-state index contributed by atoms with van der Waals surface area (Å²) in [5, 5.41) is 0. The van der Waals surface area contributed by atoms with Crippen molar-refractivity contribution in [3.63, 3.8) is 0 Å². The summed E-state index contributed by atoms with van der Waals surface area (Å²) >= 11 is 1.16. The lowest BCUT2D eigenvalue weighted by atomic mass is 10.2. The van der Waals surface area contributed by atoms with Gasteiger partial charge in [0.25, 0.3) is 14.1 Å². The van der Waals surface area contributed by atoms with Crippen LogP contribution in [0.15, 0.2) is 21.9 Å². The maximum atomic E-state index is 13.2. The maximum Gasteiger partial charge on any atom is 0.340 e. The van der Waals surface area contributed by atoms with Crippen molar-refractivity contribution >= 4 is 27.9 Å². The first kappa shape index (κ1) is 34.1. The predicted octanol–water partition coefficient (Wildman–Crippen LogP) is 4.03. The molecule has 3 unspecified atom stereocenters. The number of aromatic nitrogens is 2. The number of hydrogen-bond donors (Lipinski definition) is 1. The molecule has 39 heavy (non-hydrogen) atoms. The van der Waals surface area contributed by atoms with E-state index in [0.29, 0.717) is 0 Å². The highest BCUT2D eigenvalue weighted by atomic mass is 32.2. The highest BCUT2D eigenvalue weighted by Crippen LogP contribution is 2.55. The second kappa shape index (κ2) is 16.4.